The molecule has 0 unspecified atom stereocenters. The fraction of sp³-hybridized carbons (Fsp3) is 0.762. The summed E-state index contributed by atoms with van der Waals surface area (Å²) in [5.74, 6) is 2.85. The van der Waals surface area contributed by atoms with E-state index >= 15 is 0 Å². The Balaban J connectivity index is 1.32. The average molecular weight is 360 g/mol. The van der Waals surface area contributed by atoms with Crippen LogP contribution in [0.2, 0.25) is 0 Å². The Labute approximate surface area is 154 Å². The smallest absolute Gasteiger partial charge is 0.226 e. The highest BCUT2D eigenvalue weighted by molar-refractivity contribution is 7.10. The van der Waals surface area contributed by atoms with Crippen molar-refractivity contribution in [1.82, 2.24) is 5.32 Å². The lowest BCUT2D eigenvalue weighted by Crippen LogP contribution is -2.55. The molecule has 1 N–H and O–H groups in total. The predicted molar refractivity (Wildman–Crippen MR) is 99.7 cm³/mol. The van der Waals surface area contributed by atoms with Crippen molar-refractivity contribution >= 4 is 17.2 Å². The molecule has 1 aromatic heterocycles. The van der Waals surface area contributed by atoms with Gasteiger partial charge in [0.2, 0.25) is 5.91 Å². The van der Waals surface area contributed by atoms with Crippen LogP contribution in [0.25, 0.3) is 0 Å². The zero-order valence-electron chi connectivity index (χ0n) is 15.0. The highest BCUT2D eigenvalue weighted by Crippen LogP contribution is 2.60. The maximum Gasteiger partial charge on any atom is 0.226 e. The van der Waals surface area contributed by atoms with Crippen LogP contribution < -0.4 is 5.32 Å². The Morgan fingerprint density at radius 2 is 1.76 bits per heavy atom. The molecule has 25 heavy (non-hydrogen) atoms. The first-order valence-corrected chi connectivity index (χ1v) is 11.0. The van der Waals surface area contributed by atoms with Crippen molar-refractivity contribution in [2.24, 2.45) is 23.2 Å². The first-order chi connectivity index (χ1) is 12.2. The van der Waals surface area contributed by atoms with Gasteiger partial charge in [0, 0.05) is 35.5 Å². The minimum atomic E-state index is -0.0312. The highest BCUT2D eigenvalue weighted by atomic mass is 32.1. The minimum absolute atomic E-state index is 0.0312. The van der Waals surface area contributed by atoms with Crippen molar-refractivity contribution in [2.45, 2.75) is 56.8 Å². The molecule has 5 fully saturated rings. The maximum atomic E-state index is 13.3. The van der Waals surface area contributed by atoms with Gasteiger partial charge in [-0.2, -0.15) is 0 Å². The first-order valence-electron chi connectivity index (χ1n) is 10.1. The van der Waals surface area contributed by atoms with E-state index < -0.39 is 0 Å². The number of hydrogen-bond donors (Lipinski definition) is 1. The lowest BCUT2D eigenvalue weighted by molar-refractivity contribution is -0.146. The van der Waals surface area contributed by atoms with Gasteiger partial charge >= 0.3 is 0 Å². The number of amides is 1. The van der Waals surface area contributed by atoms with Crippen LogP contribution in [-0.4, -0.2) is 25.7 Å². The third kappa shape index (κ3) is 2.76. The number of thiophene rings is 1. The molecule has 4 heteroatoms. The molecule has 0 aromatic carbocycles. The van der Waals surface area contributed by atoms with Crippen LogP contribution in [0.4, 0.5) is 0 Å². The number of nitrogens with one attached hydrogen (secondary N) is 1. The van der Waals surface area contributed by atoms with E-state index in [4.69, 9.17) is 4.74 Å². The van der Waals surface area contributed by atoms with E-state index in [1.165, 1.54) is 24.1 Å². The molecule has 3 nitrogen and oxygen atoms in total. The summed E-state index contributed by atoms with van der Waals surface area (Å²) in [6.07, 6.45) is 9.68. The van der Waals surface area contributed by atoms with Gasteiger partial charge < -0.3 is 10.1 Å². The molecule has 0 spiro atoms. The van der Waals surface area contributed by atoms with Crippen LogP contribution in [0, 0.1) is 23.2 Å². The van der Waals surface area contributed by atoms with Crippen LogP contribution >= 0.6 is 11.3 Å². The molecule has 0 atom stereocenters. The van der Waals surface area contributed by atoms with Gasteiger partial charge in [-0.1, -0.05) is 6.07 Å². The third-order valence-electron chi connectivity index (χ3n) is 7.60. The van der Waals surface area contributed by atoms with Crippen molar-refractivity contribution in [2.75, 3.05) is 19.8 Å². The summed E-state index contributed by atoms with van der Waals surface area (Å²) >= 11 is 1.83. The largest absolute Gasteiger partial charge is 0.381 e. The zero-order valence-corrected chi connectivity index (χ0v) is 15.8. The second kappa shape index (κ2) is 6.09. The Bertz CT molecular complexity index is 597. The lowest BCUT2D eigenvalue weighted by Gasteiger charge is -2.55. The van der Waals surface area contributed by atoms with Gasteiger partial charge in [-0.25, -0.2) is 0 Å². The number of ether oxygens (including phenoxy) is 1. The molecular weight excluding hydrogens is 330 g/mol. The van der Waals surface area contributed by atoms with Gasteiger partial charge in [0.1, 0.15) is 0 Å². The van der Waals surface area contributed by atoms with Gasteiger partial charge in [0.25, 0.3) is 0 Å². The summed E-state index contributed by atoms with van der Waals surface area (Å²) in [7, 11) is 0. The average Bonchev–Trinajstić information content (AvgIpc) is 3.15. The molecule has 1 amide bonds. The van der Waals surface area contributed by atoms with Gasteiger partial charge in [-0.3, -0.25) is 4.79 Å². The molecule has 4 aliphatic carbocycles. The first kappa shape index (κ1) is 16.3. The van der Waals surface area contributed by atoms with Crippen LogP contribution in [0.1, 0.15) is 56.2 Å². The van der Waals surface area contributed by atoms with Gasteiger partial charge in [0.15, 0.2) is 0 Å². The summed E-state index contributed by atoms with van der Waals surface area (Å²) in [6.45, 7) is 2.41. The monoisotopic (exact) mass is 359 g/mol. The van der Waals surface area contributed by atoms with Crippen LogP contribution in [0.3, 0.4) is 0 Å². The minimum Gasteiger partial charge on any atom is -0.381 e. The van der Waals surface area contributed by atoms with E-state index in [0.29, 0.717) is 5.91 Å². The molecule has 1 aliphatic heterocycles. The molecule has 1 aromatic rings. The van der Waals surface area contributed by atoms with E-state index in [1.807, 2.05) is 11.3 Å². The summed E-state index contributed by atoms with van der Waals surface area (Å²) in [4.78, 5) is 14.7. The normalized spacial score (nSPS) is 38.6. The van der Waals surface area contributed by atoms with Crippen molar-refractivity contribution in [3.05, 3.63) is 22.4 Å². The van der Waals surface area contributed by atoms with Crippen LogP contribution in [0.5, 0.6) is 0 Å². The van der Waals surface area contributed by atoms with E-state index in [9.17, 15) is 4.79 Å². The number of carbonyl (C=O) groups is 1. The second-order valence-electron chi connectivity index (χ2n) is 9.25. The van der Waals surface area contributed by atoms with Crippen molar-refractivity contribution < 1.29 is 9.53 Å². The third-order valence-corrected chi connectivity index (χ3v) is 8.72. The standard InChI is InChI=1S/C21H29NO2S/c23-19(21-11-15-8-16(12-21)10-17(9-15)13-21)22-14-20(3-5-24-6-4-20)18-2-1-7-25-18/h1-2,7,15-17H,3-6,8-14H2,(H,22,23). The van der Waals surface area contributed by atoms with Crippen molar-refractivity contribution in [3.8, 4) is 0 Å². The fourth-order valence-electron chi connectivity index (χ4n) is 6.68. The molecular formula is C21H29NO2S. The Hall–Kier alpha value is -0.870. The predicted octanol–water partition coefficient (Wildman–Crippen LogP) is 4.13. The van der Waals surface area contributed by atoms with Crippen LogP contribution in [0.15, 0.2) is 17.5 Å². The molecule has 136 valence electrons. The van der Waals surface area contributed by atoms with Gasteiger partial charge in [-0.05, 0) is 80.6 Å². The summed E-state index contributed by atoms with van der Waals surface area (Å²) < 4.78 is 5.62. The summed E-state index contributed by atoms with van der Waals surface area (Å²) in [6, 6.07) is 4.38. The van der Waals surface area contributed by atoms with E-state index in [1.54, 1.807) is 0 Å². The summed E-state index contributed by atoms with van der Waals surface area (Å²) in [5.41, 5.74) is 0.0565. The Morgan fingerprint density at radius 1 is 1.12 bits per heavy atom. The number of carbonyl (C=O) groups excluding carboxylic acids is 1. The van der Waals surface area contributed by atoms with E-state index in [-0.39, 0.29) is 10.8 Å². The topological polar surface area (TPSA) is 38.3 Å². The van der Waals surface area contributed by atoms with Crippen LogP contribution in [-0.2, 0) is 14.9 Å². The molecule has 2 heterocycles. The van der Waals surface area contributed by atoms with Crippen molar-refractivity contribution in [3.63, 3.8) is 0 Å². The van der Waals surface area contributed by atoms with Gasteiger partial charge in [-0.15, -0.1) is 11.3 Å². The quantitative estimate of drug-likeness (QED) is 0.878. The second-order valence-corrected chi connectivity index (χ2v) is 10.2. The van der Waals surface area contributed by atoms with E-state index in [0.717, 1.165) is 69.6 Å². The fourth-order valence-corrected chi connectivity index (χ4v) is 7.67. The van der Waals surface area contributed by atoms with Gasteiger partial charge in [0.05, 0.1) is 0 Å². The molecule has 4 bridgehead atoms. The molecule has 4 saturated carbocycles. The Morgan fingerprint density at radius 3 is 2.32 bits per heavy atom. The molecule has 1 saturated heterocycles. The van der Waals surface area contributed by atoms with E-state index in [2.05, 4.69) is 22.8 Å². The number of hydrogen-bond acceptors (Lipinski definition) is 3. The zero-order chi connectivity index (χ0) is 16.9. The molecule has 0 radical (unpaired) electrons. The SMILES string of the molecule is O=C(NCC1(c2cccs2)CCOCC1)C12CC3CC(CC(C3)C1)C2. The lowest BCUT2D eigenvalue weighted by atomic mass is 9.49. The maximum absolute atomic E-state index is 13.3. The van der Waals surface area contributed by atoms with Crippen molar-refractivity contribution in [1.29, 1.82) is 0 Å². The summed E-state index contributed by atoms with van der Waals surface area (Å²) in [5, 5.41) is 5.61. The highest BCUT2D eigenvalue weighted by Gasteiger charge is 2.54. The molecule has 5 aliphatic rings. The number of rotatable bonds is 4. The Kier molecular flexibility index (Phi) is 3.97. The molecule has 6 rings (SSSR count).